The second-order valence-electron chi connectivity index (χ2n) is 6.54. The molecule has 3 heterocycles. The molecule has 26 heavy (non-hydrogen) atoms. The van der Waals surface area contributed by atoms with Crippen molar-refractivity contribution in [2.75, 3.05) is 31.3 Å². The lowest BCUT2D eigenvalue weighted by molar-refractivity contribution is -0.131. The lowest BCUT2D eigenvalue weighted by Crippen LogP contribution is -2.41. The van der Waals surface area contributed by atoms with Gasteiger partial charge in [-0.05, 0) is 31.2 Å². The molecule has 0 bridgehead atoms. The highest BCUT2D eigenvalue weighted by molar-refractivity contribution is 8.00. The largest absolute Gasteiger partial charge is 0.362 e. The Kier molecular flexibility index (Phi) is 5.76. The summed E-state index contributed by atoms with van der Waals surface area (Å²) in [4.78, 5) is 30.4. The van der Waals surface area contributed by atoms with Gasteiger partial charge >= 0.3 is 0 Å². The maximum atomic E-state index is 12.7. The summed E-state index contributed by atoms with van der Waals surface area (Å²) < 4.78 is 0. The summed E-state index contributed by atoms with van der Waals surface area (Å²) in [5.74, 6) is 2.72. The first-order valence-corrected chi connectivity index (χ1v) is 9.94. The van der Waals surface area contributed by atoms with Gasteiger partial charge in [0.2, 0.25) is 5.91 Å². The van der Waals surface area contributed by atoms with Crippen molar-refractivity contribution in [2.45, 2.75) is 32.1 Å². The first kappa shape index (κ1) is 18.6. The van der Waals surface area contributed by atoms with Crippen LogP contribution in [0, 0.1) is 0 Å². The van der Waals surface area contributed by atoms with E-state index in [1.165, 1.54) is 0 Å². The molecule has 138 valence electrons. The molecule has 7 heteroatoms. The number of hydrogen-bond donors (Lipinski definition) is 0. The van der Waals surface area contributed by atoms with Crippen molar-refractivity contribution in [2.24, 2.45) is 0 Å². The summed E-state index contributed by atoms with van der Waals surface area (Å²) in [5, 5.41) is -0.0190. The summed E-state index contributed by atoms with van der Waals surface area (Å²) >= 11 is 1.68. The third-order valence-electron chi connectivity index (χ3n) is 4.46. The topological polar surface area (TPSA) is 62.2 Å². The van der Waals surface area contributed by atoms with Crippen LogP contribution in [0.15, 0.2) is 24.5 Å². The van der Waals surface area contributed by atoms with Gasteiger partial charge < -0.3 is 9.80 Å². The minimum Gasteiger partial charge on any atom is -0.362 e. The molecule has 0 radical (unpaired) electrons. The first-order valence-electron chi connectivity index (χ1n) is 8.89. The van der Waals surface area contributed by atoms with Gasteiger partial charge in [0.05, 0.1) is 17.5 Å². The summed E-state index contributed by atoms with van der Waals surface area (Å²) in [7, 11) is 3.99. The molecule has 1 aliphatic rings. The Balaban J connectivity index is 1.95. The molecule has 1 aliphatic heterocycles. The van der Waals surface area contributed by atoms with Gasteiger partial charge in [0, 0.05) is 44.2 Å². The van der Waals surface area contributed by atoms with E-state index in [1.807, 2.05) is 43.0 Å². The Morgan fingerprint density at radius 3 is 2.85 bits per heavy atom. The quantitative estimate of drug-likeness (QED) is 0.805. The summed E-state index contributed by atoms with van der Waals surface area (Å²) in [6.07, 6.45) is 4.29. The van der Waals surface area contributed by atoms with Gasteiger partial charge in [0.1, 0.15) is 5.82 Å². The molecule has 0 fully saturated rings. The fourth-order valence-corrected chi connectivity index (χ4v) is 3.96. The second kappa shape index (κ2) is 8.03. The number of rotatable bonds is 5. The molecule has 0 saturated heterocycles. The van der Waals surface area contributed by atoms with E-state index < -0.39 is 0 Å². The fraction of sp³-hybridized carbons (Fsp3) is 0.474. The molecule has 2 aromatic rings. The van der Waals surface area contributed by atoms with Gasteiger partial charge in [-0.25, -0.2) is 9.97 Å². The Bertz CT molecular complexity index is 781. The number of nitrogens with zero attached hydrogens (tertiary/aromatic N) is 5. The van der Waals surface area contributed by atoms with Crippen LogP contribution in [0.4, 0.5) is 5.82 Å². The molecule has 2 aromatic heterocycles. The first-order chi connectivity index (χ1) is 12.5. The standard InChI is InChI=1S/C19H25N5OS/c1-5-26-13(2)19(25)24-10-8-15-16(12-24)21-17(22-18(15)23(3)4)14-7-6-9-20-11-14/h6-7,9,11,13H,5,8,10,12H2,1-4H3. The van der Waals surface area contributed by atoms with E-state index in [1.54, 1.807) is 24.2 Å². The third-order valence-corrected chi connectivity index (χ3v) is 5.50. The van der Waals surface area contributed by atoms with Crippen molar-refractivity contribution in [3.05, 3.63) is 35.8 Å². The highest BCUT2D eigenvalue weighted by Gasteiger charge is 2.28. The van der Waals surface area contributed by atoms with Crippen molar-refractivity contribution < 1.29 is 4.79 Å². The Morgan fingerprint density at radius 2 is 2.19 bits per heavy atom. The number of thioether (sulfide) groups is 1. The van der Waals surface area contributed by atoms with Crippen LogP contribution in [0.25, 0.3) is 11.4 Å². The van der Waals surface area contributed by atoms with Crippen LogP contribution < -0.4 is 4.90 Å². The van der Waals surface area contributed by atoms with E-state index in [9.17, 15) is 4.79 Å². The molecule has 0 spiro atoms. The van der Waals surface area contributed by atoms with E-state index in [0.717, 1.165) is 41.4 Å². The molecule has 1 atom stereocenters. The number of aromatic nitrogens is 3. The number of fused-ring (bicyclic) bond motifs is 1. The fourth-order valence-electron chi connectivity index (χ4n) is 3.17. The van der Waals surface area contributed by atoms with Crippen LogP contribution >= 0.6 is 11.8 Å². The van der Waals surface area contributed by atoms with Crippen LogP contribution in [0.5, 0.6) is 0 Å². The zero-order chi connectivity index (χ0) is 18.7. The molecule has 0 aliphatic carbocycles. The number of anilines is 1. The normalized spacial score (nSPS) is 14.7. The molecule has 3 rings (SSSR count). The minimum absolute atomic E-state index is 0.0190. The maximum absolute atomic E-state index is 12.7. The summed E-state index contributed by atoms with van der Waals surface area (Å²) in [6.45, 7) is 5.32. The monoisotopic (exact) mass is 371 g/mol. The van der Waals surface area contributed by atoms with Gasteiger partial charge in [-0.15, -0.1) is 11.8 Å². The molecular formula is C19H25N5OS. The van der Waals surface area contributed by atoms with Gasteiger partial charge in [0.25, 0.3) is 0 Å². The number of carbonyl (C=O) groups is 1. The molecule has 1 amide bonds. The number of carbonyl (C=O) groups excluding carboxylic acids is 1. The minimum atomic E-state index is -0.0190. The average molecular weight is 372 g/mol. The van der Waals surface area contributed by atoms with Gasteiger partial charge in [0.15, 0.2) is 5.82 Å². The molecule has 0 aromatic carbocycles. The lowest BCUT2D eigenvalue weighted by Gasteiger charge is -2.32. The lowest BCUT2D eigenvalue weighted by atomic mass is 10.0. The van der Waals surface area contributed by atoms with Crippen LogP contribution in [0.2, 0.25) is 0 Å². The predicted molar refractivity (Wildman–Crippen MR) is 106 cm³/mol. The Morgan fingerprint density at radius 1 is 1.38 bits per heavy atom. The van der Waals surface area contributed by atoms with Gasteiger partial charge in [-0.1, -0.05) is 6.92 Å². The van der Waals surface area contributed by atoms with Gasteiger partial charge in [-0.3, -0.25) is 9.78 Å². The molecule has 0 N–H and O–H groups in total. The van der Waals surface area contributed by atoms with Crippen molar-refractivity contribution in [3.8, 4) is 11.4 Å². The van der Waals surface area contributed by atoms with Gasteiger partial charge in [-0.2, -0.15) is 0 Å². The second-order valence-corrected chi connectivity index (χ2v) is 8.16. The average Bonchev–Trinajstić information content (AvgIpc) is 2.66. The number of amides is 1. The smallest absolute Gasteiger partial charge is 0.235 e. The van der Waals surface area contributed by atoms with E-state index >= 15 is 0 Å². The van der Waals surface area contributed by atoms with E-state index in [-0.39, 0.29) is 11.2 Å². The molecule has 0 saturated carbocycles. The highest BCUT2D eigenvalue weighted by atomic mass is 32.2. The zero-order valence-corrected chi connectivity index (χ0v) is 16.6. The Hall–Kier alpha value is -2.15. The highest BCUT2D eigenvalue weighted by Crippen LogP contribution is 2.29. The summed E-state index contributed by atoms with van der Waals surface area (Å²) in [6, 6.07) is 3.84. The number of pyridine rings is 1. The van der Waals surface area contributed by atoms with E-state index in [0.29, 0.717) is 12.4 Å². The van der Waals surface area contributed by atoms with Crippen LogP contribution in [0.3, 0.4) is 0 Å². The molecule has 1 unspecified atom stereocenters. The maximum Gasteiger partial charge on any atom is 0.235 e. The zero-order valence-electron chi connectivity index (χ0n) is 15.8. The van der Waals surface area contributed by atoms with Crippen molar-refractivity contribution in [3.63, 3.8) is 0 Å². The van der Waals surface area contributed by atoms with Crippen LogP contribution in [0.1, 0.15) is 25.1 Å². The third kappa shape index (κ3) is 3.82. The predicted octanol–water partition coefficient (Wildman–Crippen LogP) is 2.63. The molecular weight excluding hydrogens is 346 g/mol. The Labute approximate surface area is 159 Å². The van der Waals surface area contributed by atoms with E-state index in [4.69, 9.17) is 9.97 Å². The summed E-state index contributed by atoms with van der Waals surface area (Å²) in [5.41, 5.74) is 2.97. The van der Waals surface area contributed by atoms with Crippen molar-refractivity contribution in [1.82, 2.24) is 19.9 Å². The number of hydrogen-bond acceptors (Lipinski definition) is 6. The van der Waals surface area contributed by atoms with E-state index in [2.05, 4.69) is 11.9 Å². The van der Waals surface area contributed by atoms with Crippen molar-refractivity contribution in [1.29, 1.82) is 0 Å². The van der Waals surface area contributed by atoms with Crippen LogP contribution in [-0.2, 0) is 17.8 Å². The molecule has 6 nitrogen and oxygen atoms in total. The SMILES string of the molecule is CCSC(C)C(=O)N1CCc2c(nc(-c3cccnc3)nc2N(C)C)C1. The van der Waals surface area contributed by atoms with Crippen LogP contribution in [-0.4, -0.2) is 57.4 Å². The van der Waals surface area contributed by atoms with Crippen molar-refractivity contribution >= 4 is 23.5 Å².